The summed E-state index contributed by atoms with van der Waals surface area (Å²) in [5.41, 5.74) is -3.08. The van der Waals surface area contributed by atoms with E-state index < -0.39 is 30.6 Å². The van der Waals surface area contributed by atoms with Gasteiger partial charge in [-0.3, -0.25) is 4.90 Å². The number of hydrogen-bond donors (Lipinski definition) is 2. The van der Waals surface area contributed by atoms with Crippen molar-refractivity contribution in [2.45, 2.75) is 37.7 Å². The zero-order valence-corrected chi connectivity index (χ0v) is 14.0. The molecule has 5 nitrogen and oxygen atoms in total. The first-order chi connectivity index (χ1) is 11.3. The van der Waals surface area contributed by atoms with E-state index in [0.29, 0.717) is 6.42 Å². The second-order valence-electron chi connectivity index (χ2n) is 5.75. The van der Waals surface area contributed by atoms with Crippen LogP contribution in [0.25, 0.3) is 0 Å². The number of nitrogens with zero attached hydrogens (tertiary/aromatic N) is 1. The lowest BCUT2D eigenvalue weighted by Crippen LogP contribution is -2.48. The minimum Gasteiger partial charge on any atom is -0.449 e. The minimum atomic E-state index is -3.64. The molecule has 2 N–H and O–H groups in total. The Balaban J connectivity index is 2.47. The number of carbonyl (C=O) groups excluding carboxylic acids is 1. The average Bonchev–Trinajstić information content (AvgIpc) is 2.62. The summed E-state index contributed by atoms with van der Waals surface area (Å²) in [6.45, 7) is 0.551. The summed E-state index contributed by atoms with van der Waals surface area (Å²) < 4.78 is 34.0. The number of aliphatic hydroxyl groups is 2. The average molecular weight is 364 g/mol. The smallest absolute Gasteiger partial charge is 0.414 e. The fourth-order valence-electron chi connectivity index (χ4n) is 2.62. The van der Waals surface area contributed by atoms with E-state index in [1.807, 2.05) is 6.92 Å². The van der Waals surface area contributed by atoms with Gasteiger partial charge in [-0.2, -0.15) is 0 Å². The highest BCUT2D eigenvalue weighted by Gasteiger charge is 2.56. The van der Waals surface area contributed by atoms with Gasteiger partial charge in [0.1, 0.15) is 0 Å². The second-order valence-corrected chi connectivity index (χ2v) is 6.19. The molecule has 1 aromatic carbocycles. The van der Waals surface area contributed by atoms with Gasteiger partial charge in [0, 0.05) is 23.6 Å². The third-order valence-electron chi connectivity index (χ3n) is 4.12. The molecule has 1 aromatic rings. The maximum Gasteiger partial charge on any atom is 0.414 e. The summed E-state index contributed by atoms with van der Waals surface area (Å²) in [5, 5.41) is 20.0. The van der Waals surface area contributed by atoms with Crippen LogP contribution in [0.3, 0.4) is 0 Å². The summed E-state index contributed by atoms with van der Waals surface area (Å²) in [5.74, 6) is -3.64. The van der Waals surface area contributed by atoms with Gasteiger partial charge in [-0.25, -0.2) is 13.6 Å². The molecule has 0 fully saturated rings. The van der Waals surface area contributed by atoms with Crippen LogP contribution in [0.5, 0.6) is 0 Å². The molecule has 0 saturated carbocycles. The summed E-state index contributed by atoms with van der Waals surface area (Å²) in [4.78, 5) is 13.3. The van der Waals surface area contributed by atoms with Crippen LogP contribution in [0.2, 0.25) is 5.02 Å². The van der Waals surface area contributed by atoms with Gasteiger partial charge in [-0.15, -0.1) is 0 Å². The molecular weight excluding hydrogens is 344 g/mol. The molecule has 1 aliphatic rings. The van der Waals surface area contributed by atoms with Crippen LogP contribution in [0.15, 0.2) is 18.2 Å². The van der Waals surface area contributed by atoms with E-state index in [-0.39, 0.29) is 29.4 Å². The normalized spacial score (nSPS) is 22.7. The monoisotopic (exact) mass is 363 g/mol. The van der Waals surface area contributed by atoms with Gasteiger partial charge in [-0.05, 0) is 24.6 Å². The number of benzene rings is 1. The van der Waals surface area contributed by atoms with Crippen molar-refractivity contribution in [1.82, 2.24) is 0 Å². The first-order valence-corrected chi connectivity index (χ1v) is 8.10. The van der Waals surface area contributed by atoms with Crippen LogP contribution in [0, 0.1) is 0 Å². The molecular formula is C16H20ClF2NO4. The van der Waals surface area contributed by atoms with Gasteiger partial charge in [0.05, 0.1) is 18.9 Å². The molecule has 0 aliphatic carbocycles. The van der Waals surface area contributed by atoms with Crippen LogP contribution >= 0.6 is 11.6 Å². The molecule has 2 rings (SSSR count). The van der Waals surface area contributed by atoms with E-state index in [4.69, 9.17) is 16.3 Å². The Morgan fingerprint density at radius 3 is 2.79 bits per heavy atom. The first kappa shape index (κ1) is 18.9. The Hall–Kier alpha value is -1.44. The van der Waals surface area contributed by atoms with Crippen molar-refractivity contribution >= 4 is 23.4 Å². The van der Waals surface area contributed by atoms with Crippen molar-refractivity contribution in [2.75, 3.05) is 24.7 Å². The SMILES string of the molecule is CCCCOC(=O)N1CCC(F)(F)C(O)(CO)c2cc(Cl)ccc21. The van der Waals surface area contributed by atoms with Crippen LogP contribution in [-0.2, 0) is 10.3 Å². The Labute approximate surface area is 143 Å². The van der Waals surface area contributed by atoms with E-state index >= 15 is 0 Å². The first-order valence-electron chi connectivity index (χ1n) is 7.72. The number of aliphatic hydroxyl groups excluding tert-OH is 1. The number of ether oxygens (including phenoxy) is 1. The van der Waals surface area contributed by atoms with E-state index in [2.05, 4.69) is 0 Å². The van der Waals surface area contributed by atoms with Crippen molar-refractivity contribution in [1.29, 1.82) is 0 Å². The minimum absolute atomic E-state index is 0.0506. The fourth-order valence-corrected chi connectivity index (χ4v) is 2.80. The predicted octanol–water partition coefficient (Wildman–Crippen LogP) is 3.30. The summed E-state index contributed by atoms with van der Waals surface area (Å²) in [6.07, 6.45) is -0.116. The molecule has 0 spiro atoms. The van der Waals surface area contributed by atoms with Crippen LogP contribution < -0.4 is 4.90 Å². The number of halogens is 3. The molecule has 134 valence electrons. The molecule has 24 heavy (non-hydrogen) atoms. The van der Waals surface area contributed by atoms with Crippen LogP contribution in [0.4, 0.5) is 19.3 Å². The van der Waals surface area contributed by atoms with Gasteiger partial charge in [0.2, 0.25) is 0 Å². The van der Waals surface area contributed by atoms with Gasteiger partial charge in [0.25, 0.3) is 5.92 Å². The molecule has 0 aromatic heterocycles. The highest BCUT2D eigenvalue weighted by Crippen LogP contribution is 2.47. The van der Waals surface area contributed by atoms with Crippen LogP contribution in [-0.4, -0.2) is 42.0 Å². The molecule has 0 saturated heterocycles. The van der Waals surface area contributed by atoms with Crippen molar-refractivity contribution < 1.29 is 28.5 Å². The summed E-state index contributed by atoms with van der Waals surface area (Å²) in [7, 11) is 0. The zero-order valence-electron chi connectivity index (χ0n) is 13.3. The van der Waals surface area contributed by atoms with Crippen molar-refractivity contribution in [3.63, 3.8) is 0 Å². The van der Waals surface area contributed by atoms with Crippen molar-refractivity contribution in [3.05, 3.63) is 28.8 Å². The molecule has 8 heteroatoms. The van der Waals surface area contributed by atoms with Crippen LogP contribution in [0.1, 0.15) is 31.7 Å². The largest absolute Gasteiger partial charge is 0.449 e. The molecule has 1 amide bonds. The third kappa shape index (κ3) is 3.34. The number of alkyl halides is 2. The lowest BCUT2D eigenvalue weighted by molar-refractivity contribution is -0.205. The van der Waals surface area contributed by atoms with Crippen molar-refractivity contribution in [3.8, 4) is 0 Å². The lowest BCUT2D eigenvalue weighted by atomic mass is 9.86. The zero-order chi connectivity index (χ0) is 18.0. The number of fused-ring (bicyclic) bond motifs is 1. The van der Waals surface area contributed by atoms with E-state index in [0.717, 1.165) is 17.4 Å². The lowest BCUT2D eigenvalue weighted by Gasteiger charge is -2.33. The maximum absolute atomic E-state index is 14.4. The molecule has 0 radical (unpaired) electrons. The molecule has 1 atom stereocenters. The third-order valence-corrected chi connectivity index (χ3v) is 4.36. The number of unbranched alkanes of at least 4 members (excludes halogenated alkanes) is 1. The second kappa shape index (κ2) is 7.21. The Morgan fingerprint density at radius 1 is 1.46 bits per heavy atom. The van der Waals surface area contributed by atoms with Gasteiger partial charge < -0.3 is 14.9 Å². The number of hydrogen-bond acceptors (Lipinski definition) is 4. The summed E-state index contributed by atoms with van der Waals surface area (Å²) in [6, 6.07) is 3.92. The highest BCUT2D eigenvalue weighted by molar-refractivity contribution is 6.30. The van der Waals surface area contributed by atoms with E-state index in [1.165, 1.54) is 12.1 Å². The maximum atomic E-state index is 14.4. The topological polar surface area (TPSA) is 70.0 Å². The Bertz CT molecular complexity index is 614. The van der Waals surface area contributed by atoms with E-state index in [1.54, 1.807) is 0 Å². The molecule has 1 heterocycles. The quantitative estimate of drug-likeness (QED) is 0.805. The Kier molecular flexibility index (Phi) is 5.67. The predicted molar refractivity (Wildman–Crippen MR) is 85.6 cm³/mol. The standard InChI is InChI=1S/C16H20ClF2NO4/c1-2-3-8-24-14(22)20-7-6-16(18,19)15(23,10-21)12-9-11(17)4-5-13(12)20/h4-5,9,21,23H,2-3,6-8,10H2,1H3. The Morgan fingerprint density at radius 2 is 2.17 bits per heavy atom. The number of anilines is 1. The molecule has 1 unspecified atom stereocenters. The van der Waals surface area contributed by atoms with Gasteiger partial charge in [-0.1, -0.05) is 24.9 Å². The van der Waals surface area contributed by atoms with E-state index in [9.17, 15) is 23.8 Å². The summed E-state index contributed by atoms with van der Waals surface area (Å²) >= 11 is 5.86. The van der Waals surface area contributed by atoms with Crippen molar-refractivity contribution in [2.24, 2.45) is 0 Å². The molecule has 0 bridgehead atoms. The number of carbonyl (C=O) groups is 1. The van der Waals surface area contributed by atoms with Gasteiger partial charge in [0.15, 0.2) is 5.60 Å². The molecule has 1 aliphatic heterocycles. The number of amides is 1. The number of rotatable bonds is 4. The fraction of sp³-hybridized carbons (Fsp3) is 0.562. The highest BCUT2D eigenvalue weighted by atomic mass is 35.5. The van der Waals surface area contributed by atoms with Gasteiger partial charge >= 0.3 is 6.09 Å².